The first-order valence-corrected chi connectivity index (χ1v) is 9.75. The molecule has 28 heavy (non-hydrogen) atoms. The third-order valence-corrected chi connectivity index (χ3v) is 5.37. The molecule has 9 nitrogen and oxygen atoms in total. The Labute approximate surface area is 162 Å². The zero-order valence-electron chi connectivity index (χ0n) is 15.6. The Kier molecular flexibility index (Phi) is 4.53. The second-order valence-electron chi connectivity index (χ2n) is 7.21. The zero-order valence-corrected chi connectivity index (χ0v) is 15.6. The molecule has 2 N–H and O–H groups in total. The zero-order chi connectivity index (χ0) is 18.9. The second kappa shape index (κ2) is 7.33. The van der Waals surface area contributed by atoms with Gasteiger partial charge in [-0.15, -0.1) is 5.10 Å². The highest BCUT2D eigenvalue weighted by molar-refractivity contribution is 5.85. The second-order valence-corrected chi connectivity index (χ2v) is 7.21. The number of fused-ring (bicyclic) bond motifs is 1. The summed E-state index contributed by atoms with van der Waals surface area (Å²) >= 11 is 0. The van der Waals surface area contributed by atoms with Gasteiger partial charge >= 0.3 is 0 Å². The van der Waals surface area contributed by atoms with Crippen LogP contribution < -0.4 is 10.2 Å². The molecule has 1 aromatic carbocycles. The summed E-state index contributed by atoms with van der Waals surface area (Å²) < 4.78 is 7.45. The smallest absolute Gasteiger partial charge is 0.184 e. The number of aromatic nitrogens is 5. The number of phenolic OH excluding ortho intramolecular Hbond substituents is 1. The van der Waals surface area contributed by atoms with Crippen molar-refractivity contribution in [2.75, 3.05) is 44.3 Å². The normalized spacial score (nSPS) is 18.6. The van der Waals surface area contributed by atoms with Gasteiger partial charge in [0, 0.05) is 18.7 Å². The maximum atomic E-state index is 9.90. The van der Waals surface area contributed by atoms with E-state index in [0.29, 0.717) is 19.0 Å². The molecule has 5 rings (SSSR count). The number of rotatable bonds is 3. The van der Waals surface area contributed by atoms with E-state index in [1.165, 1.54) is 0 Å². The van der Waals surface area contributed by atoms with E-state index in [0.717, 1.165) is 61.6 Å². The maximum Gasteiger partial charge on any atom is 0.184 e. The number of hydrogen-bond donors (Lipinski definition) is 2. The quantitative estimate of drug-likeness (QED) is 0.701. The maximum absolute atomic E-state index is 9.90. The minimum Gasteiger partial charge on any atom is -0.508 e. The molecule has 2 aliphatic heterocycles. The summed E-state index contributed by atoms with van der Waals surface area (Å²) in [5.41, 5.74) is 2.25. The molecule has 0 saturated carbocycles. The van der Waals surface area contributed by atoms with E-state index in [4.69, 9.17) is 14.7 Å². The van der Waals surface area contributed by atoms with Gasteiger partial charge in [0.15, 0.2) is 22.8 Å². The summed E-state index contributed by atoms with van der Waals surface area (Å²) in [7, 11) is 0. The Morgan fingerprint density at radius 1 is 1.11 bits per heavy atom. The van der Waals surface area contributed by atoms with Crippen molar-refractivity contribution in [2.24, 2.45) is 0 Å². The molecule has 4 heterocycles. The summed E-state index contributed by atoms with van der Waals surface area (Å²) in [5, 5.41) is 22.2. The van der Waals surface area contributed by atoms with Gasteiger partial charge in [-0.2, -0.15) is 0 Å². The monoisotopic (exact) mass is 381 g/mol. The van der Waals surface area contributed by atoms with Crippen molar-refractivity contribution in [2.45, 2.75) is 18.9 Å². The van der Waals surface area contributed by atoms with Crippen LogP contribution in [-0.4, -0.2) is 69.5 Å². The Morgan fingerprint density at radius 2 is 1.93 bits per heavy atom. The summed E-state index contributed by atoms with van der Waals surface area (Å²) in [6.45, 7) is 4.77. The van der Waals surface area contributed by atoms with Crippen LogP contribution in [0.5, 0.6) is 5.75 Å². The molecule has 9 heteroatoms. The first-order valence-electron chi connectivity index (χ1n) is 9.75. The van der Waals surface area contributed by atoms with Gasteiger partial charge in [0.2, 0.25) is 0 Å². The first-order chi connectivity index (χ1) is 13.8. The molecule has 0 aliphatic carbocycles. The van der Waals surface area contributed by atoms with Crippen LogP contribution >= 0.6 is 0 Å². The van der Waals surface area contributed by atoms with Gasteiger partial charge in [0.25, 0.3) is 0 Å². The lowest BCUT2D eigenvalue weighted by Crippen LogP contribution is -2.37. The number of benzene rings is 1. The molecule has 146 valence electrons. The third-order valence-electron chi connectivity index (χ3n) is 5.37. The molecular weight excluding hydrogens is 358 g/mol. The van der Waals surface area contributed by atoms with Crippen LogP contribution in [-0.2, 0) is 4.74 Å². The standard InChI is InChI=1S/C19H23N7O2/c27-15-3-1-2-13(12-15)17-21-18(25-8-10-28-11-9-25)16-19(22-17)26(24-23-16)14-4-6-20-7-5-14/h1-3,12,14,20,27H,4-11H2. The van der Waals surface area contributed by atoms with E-state index in [2.05, 4.69) is 20.5 Å². The summed E-state index contributed by atoms with van der Waals surface area (Å²) in [6, 6.07) is 7.31. The fraction of sp³-hybridized carbons (Fsp3) is 0.474. The Bertz CT molecular complexity index is 978. The summed E-state index contributed by atoms with van der Waals surface area (Å²) in [6.07, 6.45) is 1.99. The summed E-state index contributed by atoms with van der Waals surface area (Å²) in [5.74, 6) is 1.55. The SMILES string of the molecule is Oc1cccc(-c2nc(N3CCOCC3)c3nnn(C4CCNCC4)c3n2)c1. The van der Waals surface area contributed by atoms with E-state index in [-0.39, 0.29) is 11.8 Å². The van der Waals surface area contributed by atoms with Crippen LogP contribution in [0.2, 0.25) is 0 Å². The van der Waals surface area contributed by atoms with Crippen molar-refractivity contribution in [3.63, 3.8) is 0 Å². The topological polar surface area (TPSA) is 101 Å². The number of morpholine rings is 1. The van der Waals surface area contributed by atoms with Crippen molar-refractivity contribution in [3.8, 4) is 17.1 Å². The van der Waals surface area contributed by atoms with Crippen molar-refractivity contribution in [1.29, 1.82) is 0 Å². The fourth-order valence-corrected chi connectivity index (χ4v) is 3.88. The molecule has 0 bridgehead atoms. The van der Waals surface area contributed by atoms with Gasteiger partial charge in [0.05, 0.1) is 19.3 Å². The van der Waals surface area contributed by atoms with Crippen LogP contribution in [0.25, 0.3) is 22.6 Å². The van der Waals surface area contributed by atoms with Gasteiger partial charge in [-0.25, -0.2) is 14.6 Å². The van der Waals surface area contributed by atoms with E-state index in [1.54, 1.807) is 18.2 Å². The molecule has 2 aliphatic rings. The number of nitrogens with one attached hydrogen (secondary N) is 1. The van der Waals surface area contributed by atoms with Crippen LogP contribution in [0, 0.1) is 0 Å². The highest BCUT2D eigenvalue weighted by Crippen LogP contribution is 2.30. The summed E-state index contributed by atoms with van der Waals surface area (Å²) in [4.78, 5) is 11.8. The average Bonchev–Trinajstić information content (AvgIpc) is 3.18. The number of phenols is 1. The largest absolute Gasteiger partial charge is 0.508 e. The molecule has 0 atom stereocenters. The molecule has 3 aromatic rings. The van der Waals surface area contributed by atoms with Crippen molar-refractivity contribution in [1.82, 2.24) is 30.3 Å². The Morgan fingerprint density at radius 3 is 2.71 bits per heavy atom. The number of nitrogens with zero attached hydrogens (tertiary/aromatic N) is 6. The molecule has 0 amide bonds. The molecular formula is C19H23N7O2. The number of ether oxygens (including phenoxy) is 1. The lowest BCUT2D eigenvalue weighted by Gasteiger charge is -2.28. The number of anilines is 1. The molecule has 2 saturated heterocycles. The molecule has 0 spiro atoms. The van der Waals surface area contributed by atoms with Gasteiger partial charge in [-0.05, 0) is 38.1 Å². The van der Waals surface area contributed by atoms with Gasteiger partial charge in [-0.1, -0.05) is 17.3 Å². The van der Waals surface area contributed by atoms with Crippen molar-refractivity contribution < 1.29 is 9.84 Å². The van der Waals surface area contributed by atoms with Crippen LogP contribution in [0.15, 0.2) is 24.3 Å². The molecule has 0 radical (unpaired) electrons. The Balaban J connectivity index is 1.66. The first kappa shape index (κ1) is 17.3. The fourth-order valence-electron chi connectivity index (χ4n) is 3.88. The minimum atomic E-state index is 0.194. The van der Waals surface area contributed by atoms with Crippen LogP contribution in [0.1, 0.15) is 18.9 Å². The highest BCUT2D eigenvalue weighted by Gasteiger charge is 2.25. The number of piperidine rings is 1. The Hall–Kier alpha value is -2.78. The highest BCUT2D eigenvalue weighted by atomic mass is 16.5. The minimum absolute atomic E-state index is 0.194. The number of aromatic hydroxyl groups is 1. The predicted molar refractivity (Wildman–Crippen MR) is 104 cm³/mol. The lowest BCUT2D eigenvalue weighted by atomic mass is 10.1. The van der Waals surface area contributed by atoms with E-state index >= 15 is 0 Å². The van der Waals surface area contributed by atoms with E-state index < -0.39 is 0 Å². The average molecular weight is 381 g/mol. The van der Waals surface area contributed by atoms with Gasteiger partial charge in [-0.3, -0.25) is 0 Å². The third kappa shape index (κ3) is 3.16. The van der Waals surface area contributed by atoms with Crippen molar-refractivity contribution >= 4 is 17.0 Å². The van der Waals surface area contributed by atoms with Gasteiger partial charge in [0.1, 0.15) is 5.75 Å². The van der Waals surface area contributed by atoms with Gasteiger partial charge < -0.3 is 20.1 Å². The number of hydrogen-bond acceptors (Lipinski definition) is 8. The van der Waals surface area contributed by atoms with Crippen LogP contribution in [0.3, 0.4) is 0 Å². The van der Waals surface area contributed by atoms with Crippen LogP contribution in [0.4, 0.5) is 5.82 Å². The molecule has 2 aromatic heterocycles. The predicted octanol–water partition coefficient (Wildman–Crippen LogP) is 1.35. The molecule has 0 unspecified atom stereocenters. The lowest BCUT2D eigenvalue weighted by molar-refractivity contribution is 0.122. The van der Waals surface area contributed by atoms with E-state index in [9.17, 15) is 5.11 Å². The van der Waals surface area contributed by atoms with Crippen molar-refractivity contribution in [3.05, 3.63) is 24.3 Å². The van der Waals surface area contributed by atoms with E-state index in [1.807, 2.05) is 10.7 Å². The molecule has 2 fully saturated rings.